The standard InChI is InChI=1S/C29H25NO/c1-3-29(4-2)23-15-7-5-11-19(23)21-13-9-16-24(27(21)29)30-25-17-10-14-22-20-12-6-8-18-26(20)31-28(22)25/h5-18,30H,3-4H2,1-2H3. The highest BCUT2D eigenvalue weighted by molar-refractivity contribution is 6.09. The number of benzene rings is 4. The van der Waals surface area contributed by atoms with E-state index in [1.54, 1.807) is 0 Å². The molecular weight excluding hydrogens is 378 g/mol. The van der Waals surface area contributed by atoms with Gasteiger partial charge < -0.3 is 9.73 Å². The minimum atomic E-state index is 0.0251. The molecule has 1 N–H and O–H groups in total. The summed E-state index contributed by atoms with van der Waals surface area (Å²) in [5.41, 5.74) is 9.62. The van der Waals surface area contributed by atoms with Crippen molar-refractivity contribution >= 4 is 33.3 Å². The molecule has 0 radical (unpaired) electrons. The summed E-state index contributed by atoms with van der Waals surface area (Å²) in [6.07, 6.45) is 2.14. The molecule has 0 saturated carbocycles. The Hall–Kier alpha value is -3.52. The van der Waals surface area contributed by atoms with Gasteiger partial charge in [0.25, 0.3) is 0 Å². The van der Waals surface area contributed by atoms with Crippen LogP contribution in [0.2, 0.25) is 0 Å². The largest absolute Gasteiger partial charge is 0.454 e. The van der Waals surface area contributed by atoms with E-state index >= 15 is 0 Å². The SMILES string of the molecule is CCC1(CC)c2ccccc2-c2cccc(Nc3cccc4c3oc3ccccc34)c21. The van der Waals surface area contributed by atoms with Crippen molar-refractivity contribution in [2.45, 2.75) is 32.1 Å². The van der Waals surface area contributed by atoms with Crippen molar-refractivity contribution in [1.29, 1.82) is 0 Å². The number of anilines is 2. The highest BCUT2D eigenvalue weighted by Crippen LogP contribution is 2.55. The summed E-state index contributed by atoms with van der Waals surface area (Å²) in [5.74, 6) is 0. The van der Waals surface area contributed by atoms with Crippen molar-refractivity contribution in [3.8, 4) is 11.1 Å². The van der Waals surface area contributed by atoms with Gasteiger partial charge in [-0.2, -0.15) is 0 Å². The molecule has 6 rings (SSSR count). The maximum atomic E-state index is 6.28. The fourth-order valence-corrected chi connectivity index (χ4v) is 5.64. The van der Waals surface area contributed by atoms with E-state index in [0.717, 1.165) is 40.5 Å². The molecule has 0 bridgehead atoms. The Morgan fingerprint density at radius 2 is 1.35 bits per heavy atom. The number of hydrogen-bond acceptors (Lipinski definition) is 2. The van der Waals surface area contributed by atoms with Crippen LogP contribution < -0.4 is 5.32 Å². The molecule has 1 aliphatic rings. The lowest BCUT2D eigenvalue weighted by molar-refractivity contribution is 0.492. The molecule has 0 unspecified atom stereocenters. The van der Waals surface area contributed by atoms with Crippen LogP contribution in [0.5, 0.6) is 0 Å². The van der Waals surface area contributed by atoms with Crippen LogP contribution in [-0.2, 0) is 5.41 Å². The number of rotatable bonds is 4. The van der Waals surface area contributed by atoms with Gasteiger partial charge in [0.2, 0.25) is 0 Å². The van der Waals surface area contributed by atoms with Gasteiger partial charge in [0.15, 0.2) is 5.58 Å². The maximum absolute atomic E-state index is 6.28. The molecule has 0 amide bonds. The molecule has 0 saturated heterocycles. The molecule has 5 aromatic rings. The monoisotopic (exact) mass is 403 g/mol. The third-order valence-electron chi connectivity index (χ3n) is 7.16. The summed E-state index contributed by atoms with van der Waals surface area (Å²) in [6.45, 7) is 4.62. The number of fused-ring (bicyclic) bond motifs is 6. The Morgan fingerprint density at radius 1 is 0.677 bits per heavy atom. The molecule has 0 aliphatic heterocycles. The van der Waals surface area contributed by atoms with Crippen molar-refractivity contribution in [3.05, 3.63) is 96.1 Å². The van der Waals surface area contributed by atoms with Gasteiger partial charge in [-0.1, -0.05) is 80.6 Å². The fourth-order valence-electron chi connectivity index (χ4n) is 5.64. The second-order valence-electron chi connectivity index (χ2n) is 8.47. The van der Waals surface area contributed by atoms with Crippen LogP contribution in [-0.4, -0.2) is 0 Å². The zero-order chi connectivity index (χ0) is 21.0. The first kappa shape index (κ1) is 18.3. The third kappa shape index (κ3) is 2.45. The van der Waals surface area contributed by atoms with E-state index in [1.807, 2.05) is 12.1 Å². The van der Waals surface area contributed by atoms with Crippen LogP contribution in [0.1, 0.15) is 37.8 Å². The van der Waals surface area contributed by atoms with Crippen LogP contribution in [0, 0.1) is 0 Å². The van der Waals surface area contributed by atoms with Gasteiger partial charge in [-0.3, -0.25) is 0 Å². The van der Waals surface area contributed by atoms with Crippen LogP contribution in [0.25, 0.3) is 33.1 Å². The Balaban J connectivity index is 1.56. The molecule has 0 spiro atoms. The van der Waals surface area contributed by atoms with Gasteiger partial charge in [0.05, 0.1) is 5.69 Å². The predicted molar refractivity (Wildman–Crippen MR) is 130 cm³/mol. The van der Waals surface area contributed by atoms with Crippen molar-refractivity contribution in [2.24, 2.45) is 0 Å². The molecule has 2 nitrogen and oxygen atoms in total. The van der Waals surface area contributed by atoms with Gasteiger partial charge in [0, 0.05) is 21.9 Å². The van der Waals surface area contributed by atoms with E-state index in [2.05, 4.69) is 92.0 Å². The molecule has 1 heterocycles. The van der Waals surface area contributed by atoms with E-state index in [-0.39, 0.29) is 5.41 Å². The van der Waals surface area contributed by atoms with E-state index in [0.29, 0.717) is 0 Å². The minimum absolute atomic E-state index is 0.0251. The lowest BCUT2D eigenvalue weighted by atomic mass is 9.73. The summed E-state index contributed by atoms with van der Waals surface area (Å²) in [6, 6.07) is 30.2. The molecule has 31 heavy (non-hydrogen) atoms. The first-order valence-electron chi connectivity index (χ1n) is 11.2. The van der Waals surface area contributed by atoms with Crippen LogP contribution in [0.4, 0.5) is 11.4 Å². The first-order chi connectivity index (χ1) is 15.3. The molecule has 1 aliphatic carbocycles. The number of hydrogen-bond donors (Lipinski definition) is 1. The van der Waals surface area contributed by atoms with Crippen molar-refractivity contribution in [2.75, 3.05) is 5.32 Å². The van der Waals surface area contributed by atoms with Gasteiger partial charge in [-0.05, 0) is 53.3 Å². The fraction of sp³-hybridized carbons (Fsp3) is 0.172. The molecule has 1 aromatic heterocycles. The van der Waals surface area contributed by atoms with Gasteiger partial charge in [0.1, 0.15) is 5.58 Å². The average molecular weight is 404 g/mol. The Labute approximate surface area is 182 Å². The first-order valence-corrected chi connectivity index (χ1v) is 11.2. The van der Waals surface area contributed by atoms with Gasteiger partial charge in [-0.15, -0.1) is 0 Å². The van der Waals surface area contributed by atoms with Gasteiger partial charge >= 0.3 is 0 Å². The van der Waals surface area contributed by atoms with Gasteiger partial charge in [-0.25, -0.2) is 0 Å². The lowest BCUT2D eigenvalue weighted by Crippen LogP contribution is -2.24. The molecule has 2 heteroatoms. The van der Waals surface area contributed by atoms with Crippen molar-refractivity contribution < 1.29 is 4.42 Å². The second kappa shape index (κ2) is 6.75. The maximum Gasteiger partial charge on any atom is 0.158 e. The summed E-state index contributed by atoms with van der Waals surface area (Å²) < 4.78 is 6.28. The molecule has 0 atom stereocenters. The topological polar surface area (TPSA) is 25.2 Å². The van der Waals surface area contributed by atoms with Crippen LogP contribution in [0.3, 0.4) is 0 Å². The molecular formula is C29H25NO. The average Bonchev–Trinajstić information content (AvgIpc) is 3.34. The highest BCUT2D eigenvalue weighted by atomic mass is 16.3. The summed E-state index contributed by atoms with van der Waals surface area (Å²) in [7, 11) is 0. The second-order valence-corrected chi connectivity index (χ2v) is 8.47. The third-order valence-corrected chi connectivity index (χ3v) is 7.16. The van der Waals surface area contributed by atoms with Crippen molar-refractivity contribution in [3.63, 3.8) is 0 Å². The Kier molecular flexibility index (Phi) is 3.97. The number of nitrogens with one attached hydrogen (secondary N) is 1. The summed E-state index contributed by atoms with van der Waals surface area (Å²) >= 11 is 0. The summed E-state index contributed by atoms with van der Waals surface area (Å²) in [5, 5.41) is 6.08. The molecule has 0 fully saturated rings. The van der Waals surface area contributed by atoms with Crippen LogP contribution in [0.15, 0.2) is 89.3 Å². The summed E-state index contributed by atoms with van der Waals surface area (Å²) in [4.78, 5) is 0. The Morgan fingerprint density at radius 3 is 2.23 bits per heavy atom. The zero-order valence-corrected chi connectivity index (χ0v) is 17.9. The smallest absolute Gasteiger partial charge is 0.158 e. The zero-order valence-electron chi connectivity index (χ0n) is 17.9. The van der Waals surface area contributed by atoms with E-state index < -0.39 is 0 Å². The quantitative estimate of drug-likeness (QED) is 0.326. The normalized spacial score (nSPS) is 14.0. The number of para-hydroxylation sites is 2. The predicted octanol–water partition coefficient (Wildman–Crippen LogP) is 8.42. The number of furan rings is 1. The lowest BCUT2D eigenvalue weighted by Gasteiger charge is -2.31. The van der Waals surface area contributed by atoms with Crippen molar-refractivity contribution in [1.82, 2.24) is 0 Å². The molecule has 152 valence electrons. The van der Waals surface area contributed by atoms with E-state index in [1.165, 1.54) is 27.9 Å². The minimum Gasteiger partial charge on any atom is -0.454 e. The van der Waals surface area contributed by atoms with Crippen LogP contribution >= 0.6 is 0 Å². The van der Waals surface area contributed by atoms with E-state index in [9.17, 15) is 0 Å². The van der Waals surface area contributed by atoms with E-state index in [4.69, 9.17) is 4.42 Å². The Bertz CT molecular complexity index is 1440. The highest BCUT2D eigenvalue weighted by Gasteiger charge is 2.42. The molecule has 4 aromatic carbocycles.